The van der Waals surface area contributed by atoms with E-state index >= 15 is 0 Å². The largest absolute Gasteiger partial charge is 0.342 e. The standard InChI is InChI=1S/C22H28N2O/c23-16-20-10-8-18(9-11-20)12-13-22(25)24-14-4-7-21(17-24)15-19-5-2-1-3-6-19/h1-3,5-6,8-11,21H,4,7,12-17,23H2. The van der Waals surface area contributed by atoms with Crippen molar-refractivity contribution in [3.63, 3.8) is 0 Å². The lowest BCUT2D eigenvalue weighted by Gasteiger charge is -2.33. The van der Waals surface area contributed by atoms with Crippen LogP contribution in [0, 0.1) is 5.92 Å². The molecule has 0 saturated carbocycles. The molecular weight excluding hydrogens is 308 g/mol. The molecule has 0 bridgehead atoms. The molecule has 0 aliphatic carbocycles. The van der Waals surface area contributed by atoms with E-state index in [0.717, 1.165) is 37.9 Å². The first kappa shape index (κ1) is 17.7. The number of aryl methyl sites for hydroxylation is 1. The molecule has 1 atom stereocenters. The van der Waals surface area contributed by atoms with Crippen molar-refractivity contribution in [2.45, 2.75) is 38.6 Å². The fraction of sp³-hybridized carbons (Fsp3) is 0.409. The number of nitrogens with two attached hydrogens (primary N) is 1. The first-order chi connectivity index (χ1) is 12.2. The summed E-state index contributed by atoms with van der Waals surface area (Å²) in [5.74, 6) is 0.879. The van der Waals surface area contributed by atoms with Gasteiger partial charge in [0, 0.05) is 26.1 Å². The van der Waals surface area contributed by atoms with Crippen LogP contribution in [0.25, 0.3) is 0 Å². The van der Waals surface area contributed by atoms with Gasteiger partial charge in [-0.25, -0.2) is 0 Å². The lowest BCUT2D eigenvalue weighted by Crippen LogP contribution is -2.40. The van der Waals surface area contributed by atoms with Gasteiger partial charge in [-0.05, 0) is 48.3 Å². The van der Waals surface area contributed by atoms with Crippen molar-refractivity contribution in [2.24, 2.45) is 11.7 Å². The third kappa shape index (κ3) is 5.17. The quantitative estimate of drug-likeness (QED) is 0.877. The van der Waals surface area contributed by atoms with Crippen LogP contribution in [0.1, 0.15) is 36.0 Å². The van der Waals surface area contributed by atoms with E-state index in [1.54, 1.807) is 0 Å². The second-order valence-electron chi connectivity index (χ2n) is 7.06. The molecule has 25 heavy (non-hydrogen) atoms. The summed E-state index contributed by atoms with van der Waals surface area (Å²) >= 11 is 0. The molecule has 1 aliphatic rings. The molecule has 3 nitrogen and oxygen atoms in total. The first-order valence-corrected chi connectivity index (χ1v) is 9.34. The van der Waals surface area contributed by atoms with Gasteiger partial charge in [0.25, 0.3) is 0 Å². The van der Waals surface area contributed by atoms with Crippen LogP contribution in [0.4, 0.5) is 0 Å². The number of nitrogens with zero attached hydrogens (tertiary/aromatic N) is 1. The SMILES string of the molecule is NCc1ccc(CCC(=O)N2CCCC(Cc3ccccc3)C2)cc1. The Balaban J connectivity index is 1.49. The number of benzene rings is 2. The first-order valence-electron chi connectivity index (χ1n) is 9.34. The van der Waals surface area contributed by atoms with Gasteiger partial charge in [0.15, 0.2) is 0 Å². The third-order valence-electron chi connectivity index (χ3n) is 5.13. The second kappa shape index (κ2) is 8.82. The number of hydrogen-bond donors (Lipinski definition) is 1. The molecule has 0 spiro atoms. The van der Waals surface area contributed by atoms with Gasteiger partial charge in [-0.2, -0.15) is 0 Å². The van der Waals surface area contributed by atoms with Gasteiger partial charge in [-0.15, -0.1) is 0 Å². The zero-order valence-corrected chi connectivity index (χ0v) is 14.9. The summed E-state index contributed by atoms with van der Waals surface area (Å²) in [6.45, 7) is 2.38. The van der Waals surface area contributed by atoms with Gasteiger partial charge >= 0.3 is 0 Å². The Morgan fingerprint density at radius 1 is 1.00 bits per heavy atom. The Morgan fingerprint density at radius 2 is 1.72 bits per heavy atom. The molecule has 1 fully saturated rings. The van der Waals surface area contributed by atoms with Crippen LogP contribution >= 0.6 is 0 Å². The number of carbonyl (C=O) groups excluding carboxylic acids is 1. The minimum Gasteiger partial charge on any atom is -0.342 e. The van der Waals surface area contributed by atoms with Crippen molar-refractivity contribution >= 4 is 5.91 Å². The molecule has 0 radical (unpaired) electrons. The summed E-state index contributed by atoms with van der Waals surface area (Å²) in [5.41, 5.74) is 9.35. The number of likely N-dealkylation sites (tertiary alicyclic amines) is 1. The number of amides is 1. The summed E-state index contributed by atoms with van der Waals surface area (Å²) in [7, 11) is 0. The molecule has 3 heteroatoms. The lowest BCUT2D eigenvalue weighted by molar-refractivity contribution is -0.132. The van der Waals surface area contributed by atoms with Crippen LogP contribution in [0.2, 0.25) is 0 Å². The van der Waals surface area contributed by atoms with E-state index in [0.29, 0.717) is 24.8 Å². The molecule has 0 aromatic heterocycles. The zero-order valence-electron chi connectivity index (χ0n) is 14.9. The van der Waals surface area contributed by atoms with Gasteiger partial charge < -0.3 is 10.6 Å². The molecule has 1 amide bonds. The molecule has 1 saturated heterocycles. The molecular formula is C22H28N2O. The third-order valence-corrected chi connectivity index (χ3v) is 5.13. The molecule has 2 aromatic carbocycles. The molecule has 3 rings (SSSR count). The second-order valence-corrected chi connectivity index (χ2v) is 7.06. The van der Waals surface area contributed by atoms with Crippen molar-refractivity contribution in [3.8, 4) is 0 Å². The molecule has 2 aromatic rings. The van der Waals surface area contributed by atoms with Gasteiger partial charge in [0.1, 0.15) is 0 Å². The van der Waals surface area contributed by atoms with Crippen molar-refractivity contribution in [3.05, 3.63) is 71.3 Å². The number of carbonyl (C=O) groups is 1. The fourth-order valence-electron chi connectivity index (χ4n) is 3.66. The fourth-order valence-corrected chi connectivity index (χ4v) is 3.66. The van der Waals surface area contributed by atoms with Gasteiger partial charge in [-0.3, -0.25) is 4.79 Å². The van der Waals surface area contributed by atoms with Crippen molar-refractivity contribution in [1.82, 2.24) is 4.90 Å². The van der Waals surface area contributed by atoms with Crippen LogP contribution in [-0.2, 0) is 24.2 Å². The van der Waals surface area contributed by atoms with E-state index in [1.165, 1.54) is 17.5 Å². The maximum absolute atomic E-state index is 12.6. The maximum Gasteiger partial charge on any atom is 0.222 e. The molecule has 2 N–H and O–H groups in total. The van der Waals surface area contributed by atoms with Crippen LogP contribution in [0.15, 0.2) is 54.6 Å². The smallest absolute Gasteiger partial charge is 0.222 e. The minimum atomic E-state index is 0.292. The van der Waals surface area contributed by atoms with Crippen LogP contribution in [0.5, 0.6) is 0 Å². The van der Waals surface area contributed by atoms with E-state index in [9.17, 15) is 4.79 Å². The summed E-state index contributed by atoms with van der Waals surface area (Å²) in [5, 5.41) is 0. The van der Waals surface area contributed by atoms with E-state index in [-0.39, 0.29) is 0 Å². The van der Waals surface area contributed by atoms with Crippen LogP contribution < -0.4 is 5.73 Å². The molecule has 1 aliphatic heterocycles. The Morgan fingerprint density at radius 3 is 2.44 bits per heavy atom. The minimum absolute atomic E-state index is 0.292. The molecule has 1 unspecified atom stereocenters. The highest BCUT2D eigenvalue weighted by Gasteiger charge is 2.23. The summed E-state index contributed by atoms with van der Waals surface area (Å²) < 4.78 is 0. The predicted octanol–water partition coefficient (Wildman–Crippen LogP) is 3.56. The zero-order chi connectivity index (χ0) is 17.5. The van der Waals surface area contributed by atoms with Gasteiger partial charge in [0.2, 0.25) is 5.91 Å². The topological polar surface area (TPSA) is 46.3 Å². The Labute approximate surface area is 150 Å². The summed E-state index contributed by atoms with van der Waals surface area (Å²) in [6.07, 6.45) is 4.82. The van der Waals surface area contributed by atoms with E-state index in [2.05, 4.69) is 59.5 Å². The normalized spacial score (nSPS) is 17.5. The highest BCUT2D eigenvalue weighted by molar-refractivity contribution is 5.76. The van der Waals surface area contributed by atoms with Crippen molar-refractivity contribution < 1.29 is 4.79 Å². The highest BCUT2D eigenvalue weighted by Crippen LogP contribution is 2.21. The monoisotopic (exact) mass is 336 g/mol. The van der Waals surface area contributed by atoms with Gasteiger partial charge in [-0.1, -0.05) is 54.6 Å². The van der Waals surface area contributed by atoms with E-state index in [4.69, 9.17) is 5.73 Å². The van der Waals surface area contributed by atoms with Crippen molar-refractivity contribution in [2.75, 3.05) is 13.1 Å². The van der Waals surface area contributed by atoms with E-state index in [1.807, 2.05) is 0 Å². The molecule has 132 valence electrons. The Kier molecular flexibility index (Phi) is 6.24. The van der Waals surface area contributed by atoms with Gasteiger partial charge in [0.05, 0.1) is 0 Å². The maximum atomic E-state index is 12.6. The van der Waals surface area contributed by atoms with E-state index < -0.39 is 0 Å². The highest BCUT2D eigenvalue weighted by atomic mass is 16.2. The summed E-state index contributed by atoms with van der Waals surface area (Å²) in [4.78, 5) is 14.7. The Hall–Kier alpha value is -2.13. The Bertz CT molecular complexity index is 666. The van der Waals surface area contributed by atoms with Crippen LogP contribution in [-0.4, -0.2) is 23.9 Å². The predicted molar refractivity (Wildman–Crippen MR) is 102 cm³/mol. The average Bonchev–Trinajstić information content (AvgIpc) is 2.67. The number of rotatable bonds is 6. The van der Waals surface area contributed by atoms with Crippen molar-refractivity contribution in [1.29, 1.82) is 0 Å². The number of hydrogen-bond acceptors (Lipinski definition) is 2. The average molecular weight is 336 g/mol. The van der Waals surface area contributed by atoms with Crippen LogP contribution in [0.3, 0.4) is 0 Å². The summed E-state index contributed by atoms with van der Waals surface area (Å²) in [6, 6.07) is 18.9. The molecule has 1 heterocycles. The number of piperidine rings is 1. The lowest BCUT2D eigenvalue weighted by atomic mass is 9.91.